The van der Waals surface area contributed by atoms with E-state index >= 15 is 0 Å². The summed E-state index contributed by atoms with van der Waals surface area (Å²) in [5.74, 6) is 2.73. The molecular weight excluding hydrogens is 190 g/mol. The van der Waals surface area contributed by atoms with Gasteiger partial charge in [-0.2, -0.15) is 0 Å². The molecule has 1 aliphatic heterocycles. The van der Waals surface area contributed by atoms with Gasteiger partial charge in [0, 0.05) is 12.3 Å². The van der Waals surface area contributed by atoms with Crippen LogP contribution >= 0.6 is 0 Å². The highest BCUT2D eigenvalue weighted by Gasteiger charge is 2.07. The first-order chi connectivity index (χ1) is 6.14. The second kappa shape index (κ2) is 4.02. The molecule has 13 heavy (non-hydrogen) atoms. The molecule has 0 unspecified atom stereocenters. The van der Waals surface area contributed by atoms with Gasteiger partial charge in [-0.3, -0.25) is 4.72 Å². The van der Waals surface area contributed by atoms with Crippen LogP contribution in [0.25, 0.3) is 0 Å². The number of rotatable bonds is 3. The van der Waals surface area contributed by atoms with Crippen LogP contribution in [-0.4, -0.2) is 26.3 Å². The molecule has 0 amide bonds. The van der Waals surface area contributed by atoms with Crippen LogP contribution in [0.5, 0.6) is 0 Å². The molecule has 0 aromatic rings. The minimum atomic E-state index is -3.27. The van der Waals surface area contributed by atoms with Gasteiger partial charge in [-0.25, -0.2) is 18.4 Å². The maximum absolute atomic E-state index is 11.1. The van der Waals surface area contributed by atoms with E-state index in [0.717, 1.165) is 0 Å². The summed E-state index contributed by atoms with van der Waals surface area (Å²) in [5, 5.41) is 0. The number of hydrogen-bond donors (Lipinski definition) is 1. The summed E-state index contributed by atoms with van der Waals surface area (Å²) in [6.07, 6.45) is 4.21. The quantitative estimate of drug-likeness (QED) is 0.696. The third kappa shape index (κ3) is 3.23. The van der Waals surface area contributed by atoms with E-state index in [1.54, 1.807) is 6.92 Å². The van der Waals surface area contributed by atoms with Crippen molar-refractivity contribution in [1.82, 2.24) is 4.72 Å². The average Bonchev–Trinajstić information content (AvgIpc) is 2.32. The Balaban J connectivity index is 2.77. The van der Waals surface area contributed by atoms with Crippen LogP contribution in [0.3, 0.4) is 0 Å². The lowest BCUT2D eigenvalue weighted by Crippen LogP contribution is -2.23. The Kier molecular flexibility index (Phi) is 3.00. The highest BCUT2D eigenvalue weighted by atomic mass is 32.2. The van der Waals surface area contributed by atoms with E-state index in [4.69, 9.17) is 0 Å². The van der Waals surface area contributed by atoms with Gasteiger partial charge in [0.25, 0.3) is 0 Å². The van der Waals surface area contributed by atoms with Crippen molar-refractivity contribution in [3.8, 4) is 0 Å². The van der Waals surface area contributed by atoms with E-state index in [2.05, 4.69) is 20.6 Å². The molecule has 5 nitrogen and oxygen atoms in total. The Morgan fingerprint density at radius 1 is 1.62 bits per heavy atom. The van der Waals surface area contributed by atoms with Gasteiger partial charge in [-0.15, -0.1) is 0 Å². The monoisotopic (exact) mass is 199 g/mol. The van der Waals surface area contributed by atoms with Gasteiger partial charge in [0.15, 0.2) is 5.82 Å². The van der Waals surface area contributed by atoms with Crippen LogP contribution in [0, 0.1) is 0 Å². The van der Waals surface area contributed by atoms with Gasteiger partial charge in [0.2, 0.25) is 10.0 Å². The number of nitrogens with one attached hydrogen (secondary N) is 1. The Bertz CT molecular complexity index is 399. The number of allylic oxidation sites excluding steroid dienone is 1. The molecule has 0 atom stereocenters. The smallest absolute Gasteiger partial charge is 0.233 e. The number of nitrogens with zero attached hydrogens (tertiary/aromatic N) is 2. The second-order valence-corrected chi connectivity index (χ2v) is 4.23. The van der Waals surface area contributed by atoms with Crippen LogP contribution < -0.4 is 4.72 Å². The summed E-state index contributed by atoms with van der Waals surface area (Å²) in [6.45, 7) is 1.55. The van der Waals surface area contributed by atoms with Crippen molar-refractivity contribution >= 4 is 22.1 Å². The first kappa shape index (κ1) is 9.70. The molecule has 1 heterocycles. The van der Waals surface area contributed by atoms with Gasteiger partial charge in [0.05, 0.1) is 12.0 Å². The average molecular weight is 199 g/mol. The molecule has 1 aliphatic rings. The minimum Gasteiger partial charge on any atom is -0.266 e. The van der Waals surface area contributed by atoms with Crippen molar-refractivity contribution in [3.63, 3.8) is 0 Å². The molecule has 0 aromatic carbocycles. The molecule has 0 aromatic heterocycles. The standard InChI is InChI=1S/C7H9N3O2S/c1-2-13(11,12)10-7-6-8-4-3-5-9-7/h3,5-6,10H,2H2,1H3. The fourth-order valence-electron chi connectivity index (χ4n) is 0.610. The largest absolute Gasteiger partial charge is 0.266 e. The third-order valence-electron chi connectivity index (χ3n) is 1.26. The third-order valence-corrected chi connectivity index (χ3v) is 2.54. The fourth-order valence-corrected chi connectivity index (χ4v) is 1.18. The number of aliphatic imine (C=N–C) groups is 2. The number of sulfonamides is 1. The van der Waals surface area contributed by atoms with E-state index in [1.807, 2.05) is 0 Å². The second-order valence-electron chi connectivity index (χ2n) is 2.22. The Labute approximate surface area is 76.6 Å². The van der Waals surface area contributed by atoms with Gasteiger partial charge in [-0.05, 0) is 12.8 Å². The summed E-state index contributed by atoms with van der Waals surface area (Å²) < 4.78 is 24.4. The van der Waals surface area contributed by atoms with Crippen LogP contribution in [0.15, 0.2) is 28.1 Å². The van der Waals surface area contributed by atoms with Crippen molar-refractivity contribution in [2.45, 2.75) is 6.92 Å². The normalized spacial score (nSPS) is 15.3. The van der Waals surface area contributed by atoms with Crippen molar-refractivity contribution in [3.05, 3.63) is 18.1 Å². The maximum Gasteiger partial charge on any atom is 0.233 e. The van der Waals surface area contributed by atoms with Crippen LogP contribution in [0.2, 0.25) is 0 Å². The van der Waals surface area contributed by atoms with Crippen LogP contribution in [0.4, 0.5) is 0 Å². The molecule has 0 saturated heterocycles. The molecule has 0 fully saturated rings. The van der Waals surface area contributed by atoms with E-state index in [9.17, 15) is 8.42 Å². The Morgan fingerprint density at radius 2 is 2.38 bits per heavy atom. The Hall–Kier alpha value is -1.39. The van der Waals surface area contributed by atoms with Crippen molar-refractivity contribution in [1.29, 1.82) is 0 Å². The van der Waals surface area contributed by atoms with E-state index in [1.165, 1.54) is 18.5 Å². The van der Waals surface area contributed by atoms with E-state index in [0.29, 0.717) is 0 Å². The molecule has 1 N–H and O–H groups in total. The summed E-state index contributed by atoms with van der Waals surface area (Å²) >= 11 is 0. The first-order valence-corrected chi connectivity index (χ1v) is 5.31. The lowest BCUT2D eigenvalue weighted by Gasteiger charge is -2.03. The van der Waals surface area contributed by atoms with Gasteiger partial charge < -0.3 is 0 Å². The zero-order valence-electron chi connectivity index (χ0n) is 7.06. The molecule has 0 saturated carbocycles. The highest BCUT2D eigenvalue weighted by Crippen LogP contribution is 1.96. The number of hydrogen-bond acceptors (Lipinski definition) is 4. The summed E-state index contributed by atoms with van der Waals surface area (Å²) in [7, 11) is -3.27. The van der Waals surface area contributed by atoms with E-state index in [-0.39, 0.29) is 11.6 Å². The lowest BCUT2D eigenvalue weighted by molar-refractivity contribution is 0.589. The van der Waals surface area contributed by atoms with Gasteiger partial charge in [0.1, 0.15) is 0 Å². The summed E-state index contributed by atoms with van der Waals surface area (Å²) in [5.41, 5.74) is 0. The van der Waals surface area contributed by atoms with Crippen molar-refractivity contribution in [2.75, 3.05) is 5.75 Å². The SMILES string of the molecule is CCS(=O)(=O)NC1=CN=C=CC=N1. The predicted molar refractivity (Wildman–Crippen MR) is 51.2 cm³/mol. The van der Waals surface area contributed by atoms with Crippen LogP contribution in [-0.2, 0) is 10.0 Å². The van der Waals surface area contributed by atoms with Crippen LogP contribution in [0.1, 0.15) is 6.92 Å². The minimum absolute atomic E-state index is 0.0109. The molecule has 0 radical (unpaired) electrons. The van der Waals surface area contributed by atoms with Crippen molar-refractivity contribution < 1.29 is 8.42 Å². The lowest BCUT2D eigenvalue weighted by atomic mass is 10.7. The van der Waals surface area contributed by atoms with Gasteiger partial charge >= 0.3 is 0 Å². The van der Waals surface area contributed by atoms with E-state index < -0.39 is 10.0 Å². The summed E-state index contributed by atoms with van der Waals surface area (Å²) in [4.78, 5) is 7.44. The molecule has 1 rings (SSSR count). The fraction of sp³-hybridized carbons (Fsp3) is 0.286. The predicted octanol–water partition coefficient (Wildman–Crippen LogP) is 0.0349. The highest BCUT2D eigenvalue weighted by molar-refractivity contribution is 7.89. The zero-order chi connectivity index (χ0) is 9.73. The molecule has 70 valence electrons. The zero-order valence-corrected chi connectivity index (χ0v) is 7.87. The van der Waals surface area contributed by atoms with Crippen molar-refractivity contribution in [2.24, 2.45) is 9.98 Å². The maximum atomic E-state index is 11.1. The molecule has 0 aliphatic carbocycles. The summed E-state index contributed by atoms with van der Waals surface area (Å²) in [6, 6.07) is 0. The molecule has 0 spiro atoms. The van der Waals surface area contributed by atoms with Gasteiger partial charge in [-0.1, -0.05) is 0 Å². The topological polar surface area (TPSA) is 70.9 Å². The first-order valence-electron chi connectivity index (χ1n) is 3.66. The molecule has 6 heteroatoms. The molecule has 0 bridgehead atoms. The molecular formula is C7H9N3O2S. The Morgan fingerprint density at radius 3 is 3.08 bits per heavy atom.